The van der Waals surface area contributed by atoms with Gasteiger partial charge in [-0.15, -0.1) is 0 Å². The Morgan fingerprint density at radius 1 is 1.08 bits per heavy atom. The highest BCUT2D eigenvalue weighted by Crippen LogP contribution is 2.43. The fourth-order valence-corrected chi connectivity index (χ4v) is 9.71. The van der Waals surface area contributed by atoms with Crippen LogP contribution in [-0.4, -0.2) is 102 Å². The molecule has 17 heteroatoms. The zero-order valence-corrected chi connectivity index (χ0v) is 33.6. The Labute approximate surface area is 347 Å². The van der Waals surface area contributed by atoms with Gasteiger partial charge in [0.25, 0.3) is 0 Å². The molecule has 3 fully saturated rings. The molecule has 314 valence electrons. The van der Waals surface area contributed by atoms with Crippen LogP contribution < -0.4 is 24.4 Å². The minimum absolute atomic E-state index is 0.0334. The monoisotopic (exact) mass is 848 g/mol. The molecule has 0 radical (unpaired) electrons. The number of aryl methyl sites for hydroxylation is 1. The fourth-order valence-electron chi connectivity index (χ4n) is 9.46. The summed E-state index contributed by atoms with van der Waals surface area (Å²) in [5.74, 6) is -2.17. The number of alkyl halides is 2. The third-order valence-corrected chi connectivity index (χ3v) is 12.3. The average molecular weight is 849 g/mol. The summed E-state index contributed by atoms with van der Waals surface area (Å²) < 4.78 is 87.0. The predicted octanol–water partition coefficient (Wildman–Crippen LogP) is 7.94. The molecular formula is C43H41ClF4N6O6. The van der Waals surface area contributed by atoms with Crippen LogP contribution in [0.2, 0.25) is 5.02 Å². The number of aromatic nitrogens is 3. The van der Waals surface area contributed by atoms with Crippen molar-refractivity contribution < 1.29 is 46.1 Å². The smallest absolute Gasteiger partial charge is 0.407 e. The van der Waals surface area contributed by atoms with Crippen LogP contribution in [0.15, 0.2) is 48.7 Å². The number of carbonyl (C=O) groups is 2. The average Bonchev–Trinajstić information content (AvgIpc) is 3.73. The molecule has 6 bridgehead atoms. The highest BCUT2D eigenvalue weighted by atomic mass is 35.5. The summed E-state index contributed by atoms with van der Waals surface area (Å²) in [4.78, 5) is 44.3. The van der Waals surface area contributed by atoms with E-state index in [9.17, 15) is 14.0 Å². The van der Waals surface area contributed by atoms with Gasteiger partial charge in [-0.1, -0.05) is 23.7 Å². The van der Waals surface area contributed by atoms with Crippen LogP contribution >= 0.6 is 11.6 Å². The second-order valence-electron chi connectivity index (χ2n) is 16.3. The number of fused-ring (bicyclic) bond motifs is 7. The number of hydrogen-bond acceptors (Lipinski definition) is 11. The van der Waals surface area contributed by atoms with E-state index >= 15 is 13.2 Å². The van der Waals surface area contributed by atoms with E-state index in [4.69, 9.17) is 35.5 Å². The normalized spacial score (nSPS) is 24.3. The van der Waals surface area contributed by atoms with E-state index in [1.54, 1.807) is 24.0 Å². The molecule has 5 aromatic rings. The van der Waals surface area contributed by atoms with Crippen molar-refractivity contribution in [3.05, 3.63) is 76.4 Å². The molecule has 3 saturated heterocycles. The van der Waals surface area contributed by atoms with Gasteiger partial charge in [-0.25, -0.2) is 27.2 Å². The largest absolute Gasteiger partial charge is 0.496 e. The van der Waals surface area contributed by atoms with E-state index in [1.807, 2.05) is 0 Å². The lowest BCUT2D eigenvalue weighted by Gasteiger charge is -2.42. The molecule has 0 unspecified atom stereocenters. The number of methoxy groups -OCH3 is 1. The second kappa shape index (κ2) is 15.5. The number of pyridine rings is 1. The van der Waals surface area contributed by atoms with Crippen molar-refractivity contribution in [1.82, 2.24) is 25.2 Å². The number of carbonyl (C=O) groups excluding carboxylic acids is 2. The molecule has 5 aliphatic heterocycles. The number of hydrogen-bond donors (Lipinski definition) is 1. The molecule has 1 N–H and O–H groups in total. The van der Waals surface area contributed by atoms with E-state index in [0.717, 1.165) is 6.42 Å². The number of amides is 1. The van der Waals surface area contributed by atoms with Gasteiger partial charge in [-0.05, 0) is 85.8 Å². The lowest BCUT2D eigenvalue weighted by atomic mass is 9.90. The highest BCUT2D eigenvalue weighted by molar-refractivity contribution is 6.34. The summed E-state index contributed by atoms with van der Waals surface area (Å²) in [6.45, 7) is 2.50. The first kappa shape index (κ1) is 40.0. The standard InChI is InChI=1S/C43H41ClF4N6O6/c1-42-16-24(45)19-53(21-42)38-29-18-49-36(35(48)37(29)50-40(51-38)59-22-43-11-5-12-54(43)20-25(46)17-43)28-15-26(60-39(55)34-30(44)7-3-8-32(34)57-2)14-23-9-10-31(47)27(33(23)28)6-4-13-58-41(56)52-42/h3,7-10,14-15,18,24-25H,4-6,11-13,16-17,19-22H2,1-2H3,(H,52,56)/t24-,25-,42-,43+/m1/s1. The molecular weight excluding hydrogens is 808 g/mol. The molecule has 10 rings (SSSR count). The lowest BCUT2D eigenvalue weighted by molar-refractivity contribution is 0.0731. The van der Waals surface area contributed by atoms with Crippen LogP contribution in [0.5, 0.6) is 17.5 Å². The first-order chi connectivity index (χ1) is 28.8. The lowest BCUT2D eigenvalue weighted by Crippen LogP contribution is -2.60. The Morgan fingerprint density at radius 2 is 1.92 bits per heavy atom. The summed E-state index contributed by atoms with van der Waals surface area (Å²) in [7, 11) is 1.38. The summed E-state index contributed by atoms with van der Waals surface area (Å²) in [6.07, 6.45) is 0.111. The minimum atomic E-state index is -1.44. The van der Waals surface area contributed by atoms with Crippen molar-refractivity contribution in [2.75, 3.05) is 51.4 Å². The third kappa shape index (κ3) is 7.27. The van der Waals surface area contributed by atoms with Gasteiger partial charge in [0.15, 0.2) is 5.82 Å². The van der Waals surface area contributed by atoms with Crippen LogP contribution in [0, 0.1) is 11.6 Å². The molecule has 12 nitrogen and oxygen atoms in total. The summed E-state index contributed by atoms with van der Waals surface area (Å²) in [6, 6.07) is 10.1. The summed E-state index contributed by atoms with van der Waals surface area (Å²) >= 11 is 6.39. The minimum Gasteiger partial charge on any atom is -0.496 e. The van der Waals surface area contributed by atoms with Crippen LogP contribution in [0.3, 0.4) is 0 Å². The van der Waals surface area contributed by atoms with Crippen LogP contribution in [-0.2, 0) is 11.2 Å². The summed E-state index contributed by atoms with van der Waals surface area (Å²) in [5.41, 5.74) is -2.03. The van der Waals surface area contributed by atoms with Gasteiger partial charge < -0.3 is 29.2 Å². The molecule has 1 amide bonds. The van der Waals surface area contributed by atoms with Gasteiger partial charge in [0.2, 0.25) is 0 Å². The maximum atomic E-state index is 17.6. The first-order valence-electron chi connectivity index (χ1n) is 19.9. The Bertz CT molecular complexity index is 2550. The van der Waals surface area contributed by atoms with Crippen LogP contribution in [0.4, 0.5) is 28.2 Å². The van der Waals surface area contributed by atoms with Gasteiger partial charge in [0.05, 0.1) is 41.7 Å². The Kier molecular flexibility index (Phi) is 10.3. The van der Waals surface area contributed by atoms with Crippen LogP contribution in [0.1, 0.15) is 54.9 Å². The number of anilines is 1. The fraction of sp³-hybridized carbons (Fsp3) is 0.419. The van der Waals surface area contributed by atoms with Gasteiger partial charge >= 0.3 is 18.1 Å². The van der Waals surface area contributed by atoms with E-state index in [2.05, 4.69) is 20.2 Å². The maximum absolute atomic E-state index is 17.6. The highest BCUT2D eigenvalue weighted by Gasteiger charge is 2.49. The molecule has 4 atom stereocenters. The van der Waals surface area contributed by atoms with Crippen molar-refractivity contribution in [2.45, 2.75) is 68.9 Å². The molecule has 2 aromatic heterocycles. The van der Waals surface area contributed by atoms with Crippen molar-refractivity contribution in [3.8, 4) is 28.8 Å². The number of rotatable bonds is 6. The molecule has 0 aliphatic carbocycles. The number of nitrogens with one attached hydrogen (secondary N) is 1. The third-order valence-electron chi connectivity index (χ3n) is 12.0. The Morgan fingerprint density at radius 3 is 2.75 bits per heavy atom. The number of ether oxygens (including phenoxy) is 4. The van der Waals surface area contributed by atoms with E-state index in [-0.39, 0.29) is 126 Å². The zero-order chi connectivity index (χ0) is 41.9. The number of esters is 1. The first-order valence-corrected chi connectivity index (χ1v) is 20.2. The quantitative estimate of drug-likeness (QED) is 0.102. The number of benzene rings is 3. The SMILES string of the molecule is COc1cccc(Cl)c1C(=O)Oc1cc2c3c(c(F)ccc3c1)CCCOC(=O)N[C@]1(C)C[C@@H](F)CN(C1)c1nc(OC[C@@]34CCCN3C[C@H](F)C4)nc3c(F)c-2ncc13. The Hall–Kier alpha value is -5.48. The second-order valence-corrected chi connectivity index (χ2v) is 16.7. The Balaban J connectivity index is 1.23. The molecule has 60 heavy (non-hydrogen) atoms. The van der Waals surface area contributed by atoms with Gasteiger partial charge in [0, 0.05) is 37.7 Å². The van der Waals surface area contributed by atoms with Gasteiger partial charge in [0.1, 0.15) is 58.9 Å². The van der Waals surface area contributed by atoms with Crippen LogP contribution in [0.25, 0.3) is 32.9 Å². The molecule has 7 heterocycles. The van der Waals surface area contributed by atoms with Gasteiger partial charge in [-0.2, -0.15) is 9.97 Å². The molecule has 0 spiro atoms. The van der Waals surface area contributed by atoms with E-state index in [0.29, 0.717) is 18.4 Å². The number of piperidine rings is 1. The molecule has 3 aromatic carbocycles. The maximum Gasteiger partial charge on any atom is 0.407 e. The van der Waals surface area contributed by atoms with Crippen molar-refractivity contribution in [3.63, 3.8) is 0 Å². The molecule has 0 saturated carbocycles. The van der Waals surface area contributed by atoms with E-state index in [1.165, 1.54) is 43.6 Å². The number of alkyl carbamates (subject to hydrolysis) is 1. The zero-order valence-electron chi connectivity index (χ0n) is 32.8. The van der Waals surface area contributed by atoms with Gasteiger partial charge in [-0.3, -0.25) is 9.88 Å². The van der Waals surface area contributed by atoms with E-state index < -0.39 is 47.1 Å². The number of halogens is 5. The van der Waals surface area contributed by atoms with Crippen molar-refractivity contribution >= 4 is 51.2 Å². The van der Waals surface area contributed by atoms with Crippen molar-refractivity contribution in [1.29, 1.82) is 0 Å². The summed E-state index contributed by atoms with van der Waals surface area (Å²) in [5, 5.41) is 3.64. The molecule has 5 aliphatic rings. The number of nitrogens with zero attached hydrogens (tertiary/aromatic N) is 5. The topological polar surface area (TPSA) is 128 Å². The predicted molar refractivity (Wildman–Crippen MR) is 215 cm³/mol. The van der Waals surface area contributed by atoms with Crippen molar-refractivity contribution in [2.24, 2.45) is 0 Å².